The number of benzene rings is 1. The minimum absolute atomic E-state index is 0.0199. The number of ether oxygens (including phenoxy) is 2. The van der Waals surface area contributed by atoms with Crippen molar-refractivity contribution in [1.29, 1.82) is 0 Å². The summed E-state index contributed by atoms with van der Waals surface area (Å²) in [6.07, 6.45) is 4.56. The number of nitrogens with zero attached hydrogens (tertiary/aromatic N) is 1. The van der Waals surface area contributed by atoms with Crippen LogP contribution in [0, 0.1) is 11.8 Å². The number of aliphatic carboxylic acids is 1. The quantitative estimate of drug-likeness (QED) is 0.871. The van der Waals surface area contributed by atoms with Crippen LogP contribution in [0.1, 0.15) is 50.1 Å². The molecular weight excluding hydrogens is 334 g/mol. The third kappa shape index (κ3) is 3.64. The third-order valence-electron chi connectivity index (χ3n) is 5.71. The fourth-order valence-electron chi connectivity index (χ4n) is 4.32. The number of methoxy groups -OCH3 is 2. The van der Waals surface area contributed by atoms with Gasteiger partial charge in [-0.2, -0.15) is 0 Å². The van der Waals surface area contributed by atoms with Gasteiger partial charge in [0.25, 0.3) is 0 Å². The first-order chi connectivity index (χ1) is 12.5. The van der Waals surface area contributed by atoms with Crippen molar-refractivity contribution in [3.8, 4) is 11.5 Å². The highest BCUT2D eigenvalue weighted by Gasteiger charge is 2.38. The first-order valence-corrected chi connectivity index (χ1v) is 9.30. The van der Waals surface area contributed by atoms with Gasteiger partial charge in [-0.3, -0.25) is 9.59 Å². The van der Waals surface area contributed by atoms with Crippen molar-refractivity contribution in [3.63, 3.8) is 0 Å². The Hall–Kier alpha value is -2.24. The molecule has 1 saturated carbocycles. The molecule has 26 heavy (non-hydrogen) atoms. The maximum absolute atomic E-state index is 13.1. The van der Waals surface area contributed by atoms with Crippen LogP contribution in [-0.4, -0.2) is 42.6 Å². The van der Waals surface area contributed by atoms with Crippen LogP contribution in [-0.2, 0) is 9.59 Å². The van der Waals surface area contributed by atoms with Crippen molar-refractivity contribution in [2.45, 2.75) is 44.6 Å². The summed E-state index contributed by atoms with van der Waals surface area (Å²) in [5.41, 5.74) is 0.991. The van der Waals surface area contributed by atoms with Gasteiger partial charge in [0.2, 0.25) is 5.91 Å². The lowest BCUT2D eigenvalue weighted by atomic mass is 9.80. The molecule has 1 N–H and O–H groups in total. The average Bonchev–Trinajstić information content (AvgIpc) is 3.16. The fraction of sp³-hybridized carbons (Fsp3) is 0.600. The molecule has 1 heterocycles. The molecule has 2 fully saturated rings. The molecule has 0 radical (unpaired) electrons. The molecule has 6 nitrogen and oxygen atoms in total. The number of rotatable bonds is 5. The molecule has 1 aromatic rings. The summed E-state index contributed by atoms with van der Waals surface area (Å²) in [4.78, 5) is 26.4. The van der Waals surface area contributed by atoms with E-state index in [4.69, 9.17) is 9.47 Å². The summed E-state index contributed by atoms with van der Waals surface area (Å²) in [5, 5.41) is 9.30. The van der Waals surface area contributed by atoms with Crippen LogP contribution in [0.5, 0.6) is 11.5 Å². The number of hydrogen-bond donors (Lipinski definition) is 1. The molecule has 1 aromatic carbocycles. The second kappa shape index (κ2) is 7.98. The van der Waals surface area contributed by atoms with Crippen LogP contribution < -0.4 is 9.47 Å². The molecule has 0 bridgehead atoms. The van der Waals surface area contributed by atoms with Crippen molar-refractivity contribution in [3.05, 3.63) is 23.8 Å². The maximum atomic E-state index is 13.1. The number of carboxylic acid groups (broad SMARTS) is 1. The Balaban J connectivity index is 1.80. The smallest absolute Gasteiger partial charge is 0.306 e. The average molecular weight is 361 g/mol. The third-order valence-corrected chi connectivity index (χ3v) is 5.71. The summed E-state index contributed by atoms with van der Waals surface area (Å²) in [6.45, 7) is 0.715. The van der Waals surface area contributed by atoms with Crippen molar-refractivity contribution >= 4 is 11.9 Å². The fourth-order valence-corrected chi connectivity index (χ4v) is 4.32. The van der Waals surface area contributed by atoms with Crippen molar-refractivity contribution < 1.29 is 24.2 Å². The molecule has 3 atom stereocenters. The van der Waals surface area contributed by atoms with Gasteiger partial charge in [-0.15, -0.1) is 0 Å². The van der Waals surface area contributed by atoms with E-state index in [0.29, 0.717) is 19.4 Å². The van der Waals surface area contributed by atoms with E-state index < -0.39 is 11.9 Å². The Morgan fingerprint density at radius 1 is 1.08 bits per heavy atom. The summed E-state index contributed by atoms with van der Waals surface area (Å²) in [5.74, 6) is 0.178. The maximum Gasteiger partial charge on any atom is 0.306 e. The highest BCUT2D eigenvalue weighted by atomic mass is 16.5. The van der Waals surface area contributed by atoms with Gasteiger partial charge in [0.05, 0.1) is 26.2 Å². The van der Waals surface area contributed by atoms with Crippen LogP contribution in [0.3, 0.4) is 0 Å². The van der Waals surface area contributed by atoms with Gasteiger partial charge < -0.3 is 19.5 Å². The Morgan fingerprint density at radius 2 is 1.85 bits per heavy atom. The minimum Gasteiger partial charge on any atom is -0.497 e. The zero-order chi connectivity index (χ0) is 18.7. The number of amides is 1. The largest absolute Gasteiger partial charge is 0.497 e. The number of carboxylic acids is 1. The highest BCUT2D eigenvalue weighted by molar-refractivity contribution is 5.81. The van der Waals surface area contributed by atoms with Crippen molar-refractivity contribution in [2.75, 3.05) is 20.8 Å². The van der Waals surface area contributed by atoms with Gasteiger partial charge in [-0.25, -0.2) is 0 Å². The predicted octanol–water partition coefficient (Wildman–Crippen LogP) is 3.26. The van der Waals surface area contributed by atoms with Gasteiger partial charge in [-0.05, 0) is 44.2 Å². The van der Waals surface area contributed by atoms with Gasteiger partial charge in [0, 0.05) is 24.1 Å². The zero-order valence-corrected chi connectivity index (χ0v) is 15.4. The number of carbonyl (C=O) groups is 2. The first-order valence-electron chi connectivity index (χ1n) is 9.30. The highest BCUT2D eigenvalue weighted by Crippen LogP contribution is 2.41. The van der Waals surface area contributed by atoms with Crippen LogP contribution in [0.25, 0.3) is 0 Å². The molecule has 0 aromatic heterocycles. The molecule has 1 amide bonds. The van der Waals surface area contributed by atoms with Gasteiger partial charge in [0.1, 0.15) is 11.5 Å². The molecule has 1 saturated heterocycles. The standard InChI is InChI=1S/C20H27NO5/c1-25-15-8-9-16(18(12-15)26-2)17-7-4-10-21(17)19(22)13-5-3-6-14(11-13)20(23)24/h8-9,12-14,17H,3-7,10-11H2,1-2H3,(H,23,24). The van der Waals surface area contributed by atoms with E-state index in [1.165, 1.54) is 0 Å². The monoisotopic (exact) mass is 361 g/mol. The van der Waals surface area contributed by atoms with Gasteiger partial charge >= 0.3 is 5.97 Å². The first kappa shape index (κ1) is 18.5. The second-order valence-electron chi connectivity index (χ2n) is 7.20. The Kier molecular flexibility index (Phi) is 5.69. The predicted molar refractivity (Wildman–Crippen MR) is 96.3 cm³/mol. The molecule has 2 aliphatic rings. The molecule has 3 unspecified atom stereocenters. The van der Waals surface area contributed by atoms with E-state index in [-0.39, 0.29) is 17.9 Å². The normalized spacial score (nSPS) is 25.8. The molecule has 1 aliphatic carbocycles. The summed E-state index contributed by atoms with van der Waals surface area (Å²) in [7, 11) is 3.24. The van der Waals surface area contributed by atoms with Crippen molar-refractivity contribution in [2.24, 2.45) is 11.8 Å². The van der Waals surface area contributed by atoms with E-state index >= 15 is 0 Å². The minimum atomic E-state index is -0.780. The summed E-state index contributed by atoms with van der Waals surface area (Å²) in [6, 6.07) is 5.68. The SMILES string of the molecule is COc1ccc(C2CCCN2C(=O)C2CCCC(C(=O)O)C2)c(OC)c1. The topological polar surface area (TPSA) is 76.1 Å². The molecule has 3 rings (SSSR count). The molecule has 0 spiro atoms. The van der Waals surface area contributed by atoms with Crippen LogP contribution in [0.4, 0.5) is 0 Å². The van der Waals surface area contributed by atoms with Crippen LogP contribution in [0.15, 0.2) is 18.2 Å². The molecule has 6 heteroatoms. The molecular formula is C20H27NO5. The summed E-state index contributed by atoms with van der Waals surface area (Å²) < 4.78 is 10.8. The number of hydrogen-bond acceptors (Lipinski definition) is 4. The lowest BCUT2D eigenvalue weighted by molar-refractivity contribution is -0.145. The van der Waals surface area contributed by atoms with E-state index in [2.05, 4.69) is 0 Å². The van der Waals surface area contributed by atoms with Crippen LogP contribution >= 0.6 is 0 Å². The summed E-state index contributed by atoms with van der Waals surface area (Å²) >= 11 is 0. The van der Waals surface area contributed by atoms with Crippen LogP contribution in [0.2, 0.25) is 0 Å². The van der Waals surface area contributed by atoms with E-state index in [9.17, 15) is 14.7 Å². The zero-order valence-electron chi connectivity index (χ0n) is 15.4. The van der Waals surface area contributed by atoms with Crippen molar-refractivity contribution in [1.82, 2.24) is 4.90 Å². The Labute approximate surface area is 154 Å². The lowest BCUT2D eigenvalue weighted by Gasteiger charge is -2.33. The molecule has 1 aliphatic heterocycles. The van der Waals surface area contributed by atoms with E-state index in [1.807, 2.05) is 23.1 Å². The number of likely N-dealkylation sites (tertiary alicyclic amines) is 1. The lowest BCUT2D eigenvalue weighted by Crippen LogP contribution is -2.38. The van der Waals surface area contributed by atoms with Gasteiger partial charge in [0.15, 0.2) is 0 Å². The van der Waals surface area contributed by atoms with E-state index in [0.717, 1.165) is 42.7 Å². The Bertz CT molecular complexity index is 674. The molecule has 142 valence electrons. The second-order valence-corrected chi connectivity index (χ2v) is 7.20. The Morgan fingerprint density at radius 3 is 2.54 bits per heavy atom. The number of carbonyl (C=O) groups excluding carboxylic acids is 1. The van der Waals surface area contributed by atoms with Gasteiger partial charge in [-0.1, -0.05) is 6.42 Å². The van der Waals surface area contributed by atoms with E-state index in [1.54, 1.807) is 14.2 Å².